The van der Waals surface area contributed by atoms with E-state index < -0.39 is 0 Å². The molecule has 0 bridgehead atoms. The molecule has 1 heterocycles. The van der Waals surface area contributed by atoms with Gasteiger partial charge in [-0.15, -0.1) is 0 Å². The molecule has 0 aliphatic carbocycles. The molecule has 1 amide bonds. The normalized spacial score (nSPS) is 14.8. The standard InChI is InChI=1S/C24H29FN2O/c1-18-3-4-22(15-19(18)2)17-27-13-10-21(11-14-27)16-24(28)26-12-9-20-5-7-23(25)8-6-20/h3-8,15-16H,9-14,17H2,1-2H3,(H,26,28). The minimum atomic E-state index is -0.235. The quantitative estimate of drug-likeness (QED) is 0.757. The molecule has 0 spiro atoms. The number of nitrogens with zero attached hydrogens (tertiary/aromatic N) is 1. The van der Waals surface area contributed by atoms with Crippen LogP contribution in [0.15, 0.2) is 54.1 Å². The summed E-state index contributed by atoms with van der Waals surface area (Å²) in [5.74, 6) is -0.263. The van der Waals surface area contributed by atoms with Gasteiger partial charge in [-0.1, -0.05) is 35.9 Å². The zero-order valence-corrected chi connectivity index (χ0v) is 16.8. The molecule has 1 aliphatic heterocycles. The van der Waals surface area contributed by atoms with E-state index in [1.54, 1.807) is 18.2 Å². The van der Waals surface area contributed by atoms with E-state index in [0.717, 1.165) is 38.0 Å². The third-order valence-corrected chi connectivity index (χ3v) is 5.44. The van der Waals surface area contributed by atoms with Crippen LogP contribution in [0.25, 0.3) is 0 Å². The summed E-state index contributed by atoms with van der Waals surface area (Å²) in [6, 6.07) is 13.1. The number of amides is 1. The minimum absolute atomic E-state index is 0.0280. The third-order valence-electron chi connectivity index (χ3n) is 5.44. The predicted octanol–water partition coefficient (Wildman–Crippen LogP) is 4.32. The summed E-state index contributed by atoms with van der Waals surface area (Å²) in [6.45, 7) is 7.81. The lowest BCUT2D eigenvalue weighted by Crippen LogP contribution is -2.31. The van der Waals surface area contributed by atoms with Gasteiger partial charge in [0, 0.05) is 32.3 Å². The van der Waals surface area contributed by atoms with Gasteiger partial charge in [-0.05, 0) is 67.5 Å². The number of piperidine rings is 1. The lowest BCUT2D eigenvalue weighted by atomic mass is 10.0. The molecule has 3 rings (SSSR count). The monoisotopic (exact) mass is 380 g/mol. The molecule has 1 saturated heterocycles. The van der Waals surface area contributed by atoms with Crippen molar-refractivity contribution in [2.45, 2.75) is 39.7 Å². The average Bonchev–Trinajstić information content (AvgIpc) is 2.68. The highest BCUT2D eigenvalue weighted by Crippen LogP contribution is 2.19. The highest BCUT2D eigenvalue weighted by atomic mass is 19.1. The second kappa shape index (κ2) is 9.65. The van der Waals surface area contributed by atoms with E-state index in [1.165, 1.54) is 34.4 Å². The van der Waals surface area contributed by atoms with Crippen LogP contribution in [0.1, 0.15) is 35.1 Å². The van der Waals surface area contributed by atoms with Crippen LogP contribution in [0.5, 0.6) is 0 Å². The smallest absolute Gasteiger partial charge is 0.243 e. The van der Waals surface area contributed by atoms with Gasteiger partial charge in [0.05, 0.1) is 0 Å². The molecule has 1 aliphatic rings. The van der Waals surface area contributed by atoms with E-state index in [9.17, 15) is 9.18 Å². The molecule has 0 aromatic heterocycles. The first-order valence-electron chi connectivity index (χ1n) is 10.00. The third kappa shape index (κ3) is 6.03. The maximum absolute atomic E-state index is 12.9. The van der Waals surface area contributed by atoms with Crippen molar-refractivity contribution >= 4 is 5.91 Å². The van der Waals surface area contributed by atoms with Crippen molar-refractivity contribution in [2.75, 3.05) is 19.6 Å². The molecular formula is C24H29FN2O. The lowest BCUT2D eigenvalue weighted by molar-refractivity contribution is -0.116. The second-order valence-electron chi connectivity index (χ2n) is 7.66. The fraction of sp³-hybridized carbons (Fsp3) is 0.375. The maximum atomic E-state index is 12.9. The summed E-state index contributed by atoms with van der Waals surface area (Å²) in [7, 11) is 0. The van der Waals surface area contributed by atoms with E-state index in [2.05, 4.69) is 42.3 Å². The summed E-state index contributed by atoms with van der Waals surface area (Å²) in [5.41, 5.74) is 6.27. The van der Waals surface area contributed by atoms with Crippen LogP contribution in [0.2, 0.25) is 0 Å². The number of benzene rings is 2. The second-order valence-corrected chi connectivity index (χ2v) is 7.66. The number of rotatable bonds is 6. The first-order chi connectivity index (χ1) is 13.5. The Morgan fingerprint density at radius 3 is 2.39 bits per heavy atom. The Morgan fingerprint density at radius 2 is 1.71 bits per heavy atom. The SMILES string of the molecule is Cc1ccc(CN2CCC(=CC(=O)NCCc3ccc(F)cc3)CC2)cc1C. The molecule has 28 heavy (non-hydrogen) atoms. The molecule has 2 aromatic carbocycles. The Labute approximate surface area is 167 Å². The van der Waals surface area contributed by atoms with E-state index in [-0.39, 0.29) is 11.7 Å². The molecule has 2 aromatic rings. The topological polar surface area (TPSA) is 32.3 Å². The van der Waals surface area contributed by atoms with Crippen LogP contribution < -0.4 is 5.32 Å². The van der Waals surface area contributed by atoms with E-state index >= 15 is 0 Å². The average molecular weight is 381 g/mol. The van der Waals surface area contributed by atoms with Gasteiger partial charge < -0.3 is 5.32 Å². The Morgan fingerprint density at radius 1 is 1.04 bits per heavy atom. The van der Waals surface area contributed by atoms with Crippen molar-refractivity contribution < 1.29 is 9.18 Å². The molecule has 148 valence electrons. The van der Waals surface area contributed by atoms with Gasteiger partial charge in [-0.25, -0.2) is 4.39 Å². The summed E-state index contributed by atoms with van der Waals surface area (Å²) < 4.78 is 12.9. The number of likely N-dealkylation sites (tertiary alicyclic amines) is 1. The molecule has 1 N–H and O–H groups in total. The molecule has 0 atom stereocenters. The zero-order chi connectivity index (χ0) is 19.9. The van der Waals surface area contributed by atoms with Crippen molar-refractivity contribution in [1.29, 1.82) is 0 Å². The number of aryl methyl sites for hydroxylation is 2. The summed E-state index contributed by atoms with van der Waals surface area (Å²) in [6.07, 6.45) is 4.35. The number of carbonyl (C=O) groups is 1. The predicted molar refractivity (Wildman–Crippen MR) is 112 cm³/mol. The van der Waals surface area contributed by atoms with Crippen molar-refractivity contribution in [3.05, 3.63) is 82.2 Å². The summed E-state index contributed by atoms with van der Waals surface area (Å²) in [5, 5.41) is 2.93. The number of nitrogens with one attached hydrogen (secondary N) is 1. The first kappa shape index (κ1) is 20.3. The molecule has 0 radical (unpaired) electrons. The van der Waals surface area contributed by atoms with Crippen LogP contribution in [0, 0.1) is 19.7 Å². The minimum Gasteiger partial charge on any atom is -0.352 e. The van der Waals surface area contributed by atoms with Crippen LogP contribution in [0.4, 0.5) is 4.39 Å². The summed E-state index contributed by atoms with van der Waals surface area (Å²) >= 11 is 0. The van der Waals surface area contributed by atoms with Gasteiger partial charge in [0.25, 0.3) is 0 Å². The Kier molecular flexibility index (Phi) is 6.99. The fourth-order valence-corrected chi connectivity index (χ4v) is 3.52. The highest BCUT2D eigenvalue weighted by Gasteiger charge is 2.15. The van der Waals surface area contributed by atoms with E-state index in [4.69, 9.17) is 0 Å². The van der Waals surface area contributed by atoms with Crippen molar-refractivity contribution in [2.24, 2.45) is 0 Å². The lowest BCUT2D eigenvalue weighted by Gasteiger charge is -2.28. The largest absolute Gasteiger partial charge is 0.352 e. The Bertz CT molecular complexity index is 832. The molecule has 0 unspecified atom stereocenters. The van der Waals surface area contributed by atoms with Gasteiger partial charge in [0.2, 0.25) is 5.91 Å². The van der Waals surface area contributed by atoms with E-state index in [0.29, 0.717) is 13.0 Å². The van der Waals surface area contributed by atoms with Crippen molar-refractivity contribution in [1.82, 2.24) is 10.2 Å². The van der Waals surface area contributed by atoms with Gasteiger partial charge >= 0.3 is 0 Å². The fourth-order valence-electron chi connectivity index (χ4n) is 3.52. The Hall–Kier alpha value is -2.46. The number of halogens is 1. The van der Waals surface area contributed by atoms with Gasteiger partial charge in [-0.2, -0.15) is 0 Å². The molecule has 3 nitrogen and oxygen atoms in total. The number of hydrogen-bond acceptors (Lipinski definition) is 2. The Balaban J connectivity index is 1.40. The zero-order valence-electron chi connectivity index (χ0n) is 16.8. The van der Waals surface area contributed by atoms with Gasteiger partial charge in [0.1, 0.15) is 5.82 Å². The van der Waals surface area contributed by atoms with E-state index in [1.807, 2.05) is 0 Å². The highest BCUT2D eigenvalue weighted by molar-refractivity contribution is 5.88. The molecular weight excluding hydrogens is 351 g/mol. The van der Waals surface area contributed by atoms with Crippen molar-refractivity contribution in [3.8, 4) is 0 Å². The molecule has 1 fully saturated rings. The maximum Gasteiger partial charge on any atom is 0.243 e. The first-order valence-corrected chi connectivity index (χ1v) is 10.00. The van der Waals surface area contributed by atoms with Crippen LogP contribution in [-0.4, -0.2) is 30.4 Å². The van der Waals surface area contributed by atoms with Gasteiger partial charge in [-0.3, -0.25) is 9.69 Å². The van der Waals surface area contributed by atoms with Crippen LogP contribution >= 0.6 is 0 Å². The van der Waals surface area contributed by atoms with Crippen LogP contribution in [0.3, 0.4) is 0 Å². The van der Waals surface area contributed by atoms with Gasteiger partial charge in [0.15, 0.2) is 0 Å². The van der Waals surface area contributed by atoms with Crippen LogP contribution in [-0.2, 0) is 17.8 Å². The van der Waals surface area contributed by atoms with Crippen molar-refractivity contribution in [3.63, 3.8) is 0 Å². The number of hydrogen-bond donors (Lipinski definition) is 1. The molecule has 4 heteroatoms. The molecule has 0 saturated carbocycles. The number of carbonyl (C=O) groups excluding carboxylic acids is 1. The summed E-state index contributed by atoms with van der Waals surface area (Å²) in [4.78, 5) is 14.6.